The van der Waals surface area contributed by atoms with Gasteiger partial charge in [0, 0.05) is 5.69 Å². The van der Waals surface area contributed by atoms with Crippen LogP contribution >= 0.6 is 0 Å². The highest BCUT2D eigenvalue weighted by atomic mass is 16.5. The molecule has 0 saturated carbocycles. The van der Waals surface area contributed by atoms with Crippen LogP contribution in [-0.2, 0) is 0 Å². The molecule has 0 bridgehead atoms. The lowest BCUT2D eigenvalue weighted by molar-refractivity contribution is 0.102. The number of carbonyl (C=O) groups excluding carboxylic acids is 1. The van der Waals surface area contributed by atoms with Crippen LogP contribution in [0.2, 0.25) is 0 Å². The fourth-order valence-electron chi connectivity index (χ4n) is 2.82. The van der Waals surface area contributed by atoms with E-state index in [0.717, 1.165) is 27.6 Å². The zero-order valence-corrected chi connectivity index (χ0v) is 14.2. The Kier molecular flexibility index (Phi) is 4.52. The van der Waals surface area contributed by atoms with Crippen molar-refractivity contribution in [2.45, 2.75) is 20.8 Å². The summed E-state index contributed by atoms with van der Waals surface area (Å²) in [4.78, 5) is 13.0. The maximum atomic E-state index is 13.0. The van der Waals surface area contributed by atoms with Crippen LogP contribution in [0.3, 0.4) is 0 Å². The molecule has 0 aromatic heterocycles. The maximum absolute atomic E-state index is 13.0. The summed E-state index contributed by atoms with van der Waals surface area (Å²) >= 11 is 0. The first-order chi connectivity index (χ1) is 11.6. The molecule has 0 atom stereocenters. The van der Waals surface area contributed by atoms with Gasteiger partial charge in [0.15, 0.2) is 0 Å². The summed E-state index contributed by atoms with van der Waals surface area (Å²) in [5, 5.41) is 4.95. The number of benzene rings is 3. The van der Waals surface area contributed by atoms with Gasteiger partial charge in [-0.25, -0.2) is 0 Å². The summed E-state index contributed by atoms with van der Waals surface area (Å²) in [5.74, 6) is 0.461. The molecule has 0 heterocycles. The second kappa shape index (κ2) is 6.75. The van der Waals surface area contributed by atoms with Crippen molar-refractivity contribution in [2.24, 2.45) is 0 Å². The van der Waals surface area contributed by atoms with E-state index in [1.165, 1.54) is 0 Å². The van der Waals surface area contributed by atoms with Gasteiger partial charge in [-0.1, -0.05) is 42.5 Å². The Morgan fingerprint density at radius 2 is 1.83 bits per heavy atom. The van der Waals surface area contributed by atoms with Gasteiger partial charge < -0.3 is 10.1 Å². The summed E-state index contributed by atoms with van der Waals surface area (Å²) in [5.41, 5.74) is 3.55. The van der Waals surface area contributed by atoms with Gasteiger partial charge in [-0.3, -0.25) is 4.79 Å². The zero-order valence-electron chi connectivity index (χ0n) is 14.2. The van der Waals surface area contributed by atoms with Crippen molar-refractivity contribution in [1.29, 1.82) is 0 Å². The molecule has 0 aliphatic heterocycles. The molecule has 122 valence electrons. The van der Waals surface area contributed by atoms with E-state index in [0.29, 0.717) is 17.9 Å². The van der Waals surface area contributed by atoms with Gasteiger partial charge in [0.05, 0.1) is 12.2 Å². The van der Waals surface area contributed by atoms with Crippen molar-refractivity contribution in [3.05, 3.63) is 71.3 Å². The summed E-state index contributed by atoms with van der Waals surface area (Å²) < 4.78 is 5.70. The van der Waals surface area contributed by atoms with Crippen LogP contribution in [0, 0.1) is 13.8 Å². The van der Waals surface area contributed by atoms with E-state index in [1.807, 2.05) is 75.4 Å². The van der Waals surface area contributed by atoms with Crippen LogP contribution in [0.5, 0.6) is 5.75 Å². The second-order valence-electron chi connectivity index (χ2n) is 5.87. The number of hydrogen-bond donors (Lipinski definition) is 1. The fraction of sp³-hybridized carbons (Fsp3) is 0.190. The number of aryl methyl sites for hydroxylation is 2. The molecule has 3 aromatic rings. The Bertz CT molecular complexity index is 899. The first kappa shape index (κ1) is 16.1. The third kappa shape index (κ3) is 3.11. The molecule has 3 rings (SSSR count). The summed E-state index contributed by atoms with van der Waals surface area (Å²) in [6, 6.07) is 17.7. The Morgan fingerprint density at radius 3 is 2.62 bits per heavy atom. The van der Waals surface area contributed by atoms with Gasteiger partial charge in [0.25, 0.3) is 5.91 Å². The van der Waals surface area contributed by atoms with Crippen LogP contribution in [0.1, 0.15) is 28.4 Å². The number of nitrogens with one attached hydrogen (secondary N) is 1. The average molecular weight is 319 g/mol. The van der Waals surface area contributed by atoms with Crippen LogP contribution in [0.25, 0.3) is 10.8 Å². The molecular formula is C21H21NO2. The SMILES string of the molecule is CCOc1ccc2ccccc2c1C(=O)Nc1cc(C)ccc1C. The van der Waals surface area contributed by atoms with E-state index in [-0.39, 0.29) is 5.91 Å². The summed E-state index contributed by atoms with van der Waals surface area (Å²) in [6.07, 6.45) is 0. The van der Waals surface area contributed by atoms with Crippen LogP contribution < -0.4 is 10.1 Å². The predicted molar refractivity (Wildman–Crippen MR) is 99.0 cm³/mol. The van der Waals surface area contributed by atoms with Gasteiger partial charge in [0.2, 0.25) is 0 Å². The molecule has 0 unspecified atom stereocenters. The molecule has 1 amide bonds. The normalized spacial score (nSPS) is 10.6. The molecule has 0 spiro atoms. The Balaban J connectivity index is 2.08. The molecule has 0 fully saturated rings. The van der Waals surface area contributed by atoms with Gasteiger partial charge in [-0.15, -0.1) is 0 Å². The van der Waals surface area contributed by atoms with Gasteiger partial charge in [0.1, 0.15) is 5.75 Å². The first-order valence-electron chi connectivity index (χ1n) is 8.13. The molecule has 3 heteroatoms. The topological polar surface area (TPSA) is 38.3 Å². The lowest BCUT2D eigenvalue weighted by atomic mass is 10.0. The highest BCUT2D eigenvalue weighted by Gasteiger charge is 2.17. The number of fused-ring (bicyclic) bond motifs is 1. The van der Waals surface area contributed by atoms with E-state index in [2.05, 4.69) is 5.32 Å². The number of anilines is 1. The van der Waals surface area contributed by atoms with E-state index < -0.39 is 0 Å². The predicted octanol–water partition coefficient (Wildman–Crippen LogP) is 5.11. The lowest BCUT2D eigenvalue weighted by Gasteiger charge is -2.15. The smallest absolute Gasteiger partial charge is 0.260 e. The number of carbonyl (C=O) groups is 1. The summed E-state index contributed by atoms with van der Waals surface area (Å²) in [6.45, 7) is 6.43. The maximum Gasteiger partial charge on any atom is 0.260 e. The highest BCUT2D eigenvalue weighted by Crippen LogP contribution is 2.29. The van der Waals surface area contributed by atoms with Crippen molar-refractivity contribution < 1.29 is 9.53 Å². The Labute approximate surface area is 142 Å². The van der Waals surface area contributed by atoms with Crippen LogP contribution in [0.4, 0.5) is 5.69 Å². The number of ether oxygens (including phenoxy) is 1. The average Bonchev–Trinajstić information content (AvgIpc) is 2.58. The van der Waals surface area contributed by atoms with Crippen molar-refractivity contribution in [3.8, 4) is 5.75 Å². The van der Waals surface area contributed by atoms with Crippen molar-refractivity contribution >= 4 is 22.4 Å². The number of rotatable bonds is 4. The van der Waals surface area contributed by atoms with Crippen LogP contribution in [0.15, 0.2) is 54.6 Å². The van der Waals surface area contributed by atoms with E-state index in [4.69, 9.17) is 4.74 Å². The number of hydrogen-bond acceptors (Lipinski definition) is 2. The Hall–Kier alpha value is -2.81. The first-order valence-corrected chi connectivity index (χ1v) is 8.13. The minimum absolute atomic E-state index is 0.149. The van der Waals surface area contributed by atoms with Gasteiger partial charge in [-0.2, -0.15) is 0 Å². The quantitative estimate of drug-likeness (QED) is 0.726. The minimum atomic E-state index is -0.149. The third-order valence-electron chi connectivity index (χ3n) is 4.06. The highest BCUT2D eigenvalue weighted by molar-refractivity contribution is 6.15. The van der Waals surface area contributed by atoms with E-state index >= 15 is 0 Å². The second-order valence-corrected chi connectivity index (χ2v) is 5.87. The molecular weight excluding hydrogens is 298 g/mol. The molecule has 0 saturated heterocycles. The van der Waals surface area contributed by atoms with Gasteiger partial charge in [-0.05, 0) is 54.8 Å². The molecule has 1 N–H and O–H groups in total. The Morgan fingerprint density at radius 1 is 1.04 bits per heavy atom. The molecule has 3 nitrogen and oxygen atoms in total. The molecule has 0 aliphatic carbocycles. The fourth-order valence-corrected chi connectivity index (χ4v) is 2.82. The molecule has 3 aromatic carbocycles. The monoisotopic (exact) mass is 319 g/mol. The lowest BCUT2D eigenvalue weighted by Crippen LogP contribution is -2.15. The molecule has 0 aliphatic rings. The molecule has 0 radical (unpaired) electrons. The number of amides is 1. The van der Waals surface area contributed by atoms with E-state index in [9.17, 15) is 4.79 Å². The van der Waals surface area contributed by atoms with Gasteiger partial charge >= 0.3 is 0 Å². The standard InChI is InChI=1S/C21H21NO2/c1-4-24-19-12-11-16-7-5-6-8-17(16)20(19)21(23)22-18-13-14(2)9-10-15(18)3/h5-13H,4H2,1-3H3,(H,22,23). The van der Waals surface area contributed by atoms with Crippen molar-refractivity contribution in [1.82, 2.24) is 0 Å². The largest absolute Gasteiger partial charge is 0.493 e. The van der Waals surface area contributed by atoms with Crippen LogP contribution in [-0.4, -0.2) is 12.5 Å². The summed E-state index contributed by atoms with van der Waals surface area (Å²) in [7, 11) is 0. The zero-order chi connectivity index (χ0) is 17.1. The minimum Gasteiger partial charge on any atom is -0.493 e. The third-order valence-corrected chi connectivity index (χ3v) is 4.06. The molecule has 24 heavy (non-hydrogen) atoms. The van der Waals surface area contributed by atoms with Crippen molar-refractivity contribution in [3.63, 3.8) is 0 Å². The van der Waals surface area contributed by atoms with E-state index in [1.54, 1.807) is 0 Å². The van der Waals surface area contributed by atoms with Crippen molar-refractivity contribution in [2.75, 3.05) is 11.9 Å².